The standard InChI is InChI=1S/C17H22N8O/c1-10-13(11(2)25-17(21-10)22-16(18)23-25)8-14(26)20-9-12-6-5-7-19-15(12)24(3)4/h5-7H,8-9H2,1-4H3,(H2,18,23)(H,20,26). The molecule has 3 aromatic rings. The number of nitrogens with one attached hydrogen (secondary N) is 1. The molecule has 0 atom stereocenters. The van der Waals surface area contributed by atoms with Crippen LogP contribution in [0.1, 0.15) is 22.5 Å². The van der Waals surface area contributed by atoms with E-state index < -0.39 is 0 Å². The Balaban J connectivity index is 1.76. The van der Waals surface area contributed by atoms with Crippen molar-refractivity contribution in [1.29, 1.82) is 0 Å². The van der Waals surface area contributed by atoms with Crippen LogP contribution in [0.5, 0.6) is 0 Å². The number of carbonyl (C=O) groups is 1. The lowest BCUT2D eigenvalue weighted by atomic mass is 10.1. The molecule has 3 N–H and O–H groups in total. The fourth-order valence-electron chi connectivity index (χ4n) is 2.87. The van der Waals surface area contributed by atoms with Crippen molar-refractivity contribution in [1.82, 2.24) is 29.9 Å². The van der Waals surface area contributed by atoms with Gasteiger partial charge in [-0.2, -0.15) is 9.50 Å². The molecule has 0 saturated carbocycles. The highest BCUT2D eigenvalue weighted by Crippen LogP contribution is 2.16. The zero-order valence-electron chi connectivity index (χ0n) is 15.3. The van der Waals surface area contributed by atoms with Gasteiger partial charge in [0.2, 0.25) is 11.9 Å². The summed E-state index contributed by atoms with van der Waals surface area (Å²) in [5.74, 6) is 1.34. The number of nitrogens with two attached hydrogens (primary N) is 1. The van der Waals surface area contributed by atoms with Gasteiger partial charge in [-0.05, 0) is 19.9 Å². The highest BCUT2D eigenvalue weighted by Gasteiger charge is 2.16. The first-order valence-electron chi connectivity index (χ1n) is 8.23. The summed E-state index contributed by atoms with van der Waals surface area (Å²) in [6.07, 6.45) is 1.94. The molecule has 0 unspecified atom stereocenters. The Morgan fingerprint density at radius 2 is 2.08 bits per heavy atom. The summed E-state index contributed by atoms with van der Waals surface area (Å²) >= 11 is 0. The largest absolute Gasteiger partial charge is 0.366 e. The third-order valence-electron chi connectivity index (χ3n) is 4.17. The van der Waals surface area contributed by atoms with Crippen LogP contribution in [0.3, 0.4) is 0 Å². The Hall–Kier alpha value is -3.23. The number of carbonyl (C=O) groups excluding carboxylic acids is 1. The Morgan fingerprint density at radius 3 is 2.81 bits per heavy atom. The van der Waals surface area contributed by atoms with Crippen molar-refractivity contribution < 1.29 is 4.79 Å². The predicted molar refractivity (Wildman–Crippen MR) is 98.8 cm³/mol. The molecule has 3 rings (SSSR count). The van der Waals surface area contributed by atoms with Gasteiger partial charge >= 0.3 is 0 Å². The molecule has 3 aromatic heterocycles. The van der Waals surface area contributed by atoms with E-state index in [1.165, 1.54) is 0 Å². The smallest absolute Gasteiger partial charge is 0.254 e. The zero-order chi connectivity index (χ0) is 18.8. The lowest BCUT2D eigenvalue weighted by Gasteiger charge is -2.16. The topological polar surface area (TPSA) is 114 Å². The predicted octanol–water partition coefficient (Wildman–Crippen LogP) is 0.643. The summed E-state index contributed by atoms with van der Waals surface area (Å²) in [7, 11) is 3.84. The molecule has 0 saturated heterocycles. The van der Waals surface area contributed by atoms with E-state index in [9.17, 15) is 4.79 Å². The Morgan fingerprint density at radius 1 is 1.31 bits per heavy atom. The third kappa shape index (κ3) is 3.41. The number of hydrogen-bond donors (Lipinski definition) is 2. The Bertz CT molecular complexity index is 963. The average molecular weight is 354 g/mol. The van der Waals surface area contributed by atoms with Gasteiger partial charge in [-0.25, -0.2) is 9.97 Å². The summed E-state index contributed by atoms with van der Waals surface area (Å²) < 4.78 is 1.57. The van der Waals surface area contributed by atoms with Gasteiger partial charge in [0, 0.05) is 49.4 Å². The van der Waals surface area contributed by atoms with Crippen molar-refractivity contribution in [3.63, 3.8) is 0 Å². The van der Waals surface area contributed by atoms with Crippen molar-refractivity contribution in [3.8, 4) is 0 Å². The van der Waals surface area contributed by atoms with E-state index in [4.69, 9.17) is 5.73 Å². The summed E-state index contributed by atoms with van der Waals surface area (Å²) in [5.41, 5.74) is 8.96. The maximum atomic E-state index is 12.5. The van der Waals surface area contributed by atoms with Gasteiger partial charge < -0.3 is 16.0 Å². The monoisotopic (exact) mass is 354 g/mol. The van der Waals surface area contributed by atoms with Crippen LogP contribution < -0.4 is 16.0 Å². The zero-order valence-corrected chi connectivity index (χ0v) is 15.3. The number of aromatic nitrogens is 5. The molecule has 0 aliphatic carbocycles. The van der Waals surface area contributed by atoms with Crippen LogP contribution in [0.2, 0.25) is 0 Å². The van der Waals surface area contributed by atoms with E-state index in [2.05, 4.69) is 25.4 Å². The number of nitrogen functional groups attached to an aromatic ring is 1. The van der Waals surface area contributed by atoms with Gasteiger partial charge in [0.25, 0.3) is 5.78 Å². The van der Waals surface area contributed by atoms with Gasteiger partial charge in [0.05, 0.1) is 6.42 Å². The van der Waals surface area contributed by atoms with Crippen molar-refractivity contribution in [2.45, 2.75) is 26.8 Å². The summed E-state index contributed by atoms with van der Waals surface area (Å²) in [6, 6.07) is 3.81. The maximum absolute atomic E-state index is 12.5. The van der Waals surface area contributed by atoms with E-state index in [0.29, 0.717) is 12.3 Å². The van der Waals surface area contributed by atoms with E-state index in [1.807, 2.05) is 45.0 Å². The number of hydrogen-bond acceptors (Lipinski definition) is 7. The summed E-state index contributed by atoms with van der Waals surface area (Å²) in [6.45, 7) is 4.14. The second-order valence-corrected chi connectivity index (χ2v) is 6.28. The minimum absolute atomic E-state index is 0.0982. The molecule has 136 valence electrons. The molecule has 0 aromatic carbocycles. The molecule has 0 aliphatic heterocycles. The van der Waals surface area contributed by atoms with Crippen LogP contribution in [0.15, 0.2) is 18.3 Å². The molecule has 0 bridgehead atoms. The first-order valence-corrected chi connectivity index (χ1v) is 8.23. The number of anilines is 2. The van der Waals surface area contributed by atoms with Crippen LogP contribution in [-0.4, -0.2) is 44.6 Å². The van der Waals surface area contributed by atoms with Crippen LogP contribution in [0.4, 0.5) is 11.8 Å². The number of amides is 1. The van der Waals surface area contributed by atoms with Crippen molar-refractivity contribution in [2.24, 2.45) is 0 Å². The van der Waals surface area contributed by atoms with Crippen molar-refractivity contribution in [3.05, 3.63) is 40.8 Å². The molecule has 26 heavy (non-hydrogen) atoms. The number of rotatable bonds is 5. The van der Waals surface area contributed by atoms with Gasteiger partial charge in [-0.1, -0.05) is 6.07 Å². The minimum atomic E-state index is -0.0982. The van der Waals surface area contributed by atoms with Crippen LogP contribution >= 0.6 is 0 Å². The van der Waals surface area contributed by atoms with Crippen molar-refractivity contribution in [2.75, 3.05) is 24.7 Å². The molecular formula is C17H22N8O. The highest BCUT2D eigenvalue weighted by atomic mass is 16.1. The molecule has 0 aliphatic rings. The second-order valence-electron chi connectivity index (χ2n) is 6.28. The van der Waals surface area contributed by atoms with Gasteiger partial charge in [0.1, 0.15) is 5.82 Å². The van der Waals surface area contributed by atoms with Gasteiger partial charge in [0.15, 0.2) is 0 Å². The highest BCUT2D eigenvalue weighted by molar-refractivity contribution is 5.79. The van der Waals surface area contributed by atoms with E-state index in [1.54, 1.807) is 10.7 Å². The first kappa shape index (κ1) is 17.6. The third-order valence-corrected chi connectivity index (χ3v) is 4.17. The summed E-state index contributed by atoms with van der Waals surface area (Å²) in [4.78, 5) is 27.2. The van der Waals surface area contributed by atoms with Crippen LogP contribution in [-0.2, 0) is 17.8 Å². The van der Waals surface area contributed by atoms with Crippen LogP contribution in [0.25, 0.3) is 5.78 Å². The molecule has 0 fully saturated rings. The quantitative estimate of drug-likeness (QED) is 0.691. The number of nitrogens with zero attached hydrogens (tertiary/aromatic N) is 6. The lowest BCUT2D eigenvalue weighted by Crippen LogP contribution is -2.27. The molecule has 9 heteroatoms. The van der Waals surface area contributed by atoms with Crippen molar-refractivity contribution >= 4 is 23.5 Å². The fraction of sp³-hybridized carbons (Fsp3) is 0.353. The van der Waals surface area contributed by atoms with Gasteiger partial charge in [-0.3, -0.25) is 4.79 Å². The molecule has 0 radical (unpaired) electrons. The van der Waals surface area contributed by atoms with Gasteiger partial charge in [-0.15, -0.1) is 5.10 Å². The first-order chi connectivity index (χ1) is 12.4. The normalized spacial score (nSPS) is 10.9. The number of fused-ring (bicyclic) bond motifs is 1. The Kier molecular flexibility index (Phi) is 4.70. The lowest BCUT2D eigenvalue weighted by molar-refractivity contribution is -0.120. The SMILES string of the molecule is Cc1nc2nc(N)nn2c(C)c1CC(=O)NCc1cccnc1N(C)C. The number of pyridine rings is 1. The molecule has 3 heterocycles. The second kappa shape index (κ2) is 6.95. The maximum Gasteiger partial charge on any atom is 0.254 e. The average Bonchev–Trinajstić information content (AvgIpc) is 2.97. The fourth-order valence-corrected chi connectivity index (χ4v) is 2.87. The number of aryl methyl sites for hydroxylation is 2. The molecule has 1 amide bonds. The molecular weight excluding hydrogens is 332 g/mol. The van der Waals surface area contributed by atoms with E-state index in [0.717, 1.165) is 28.3 Å². The summed E-state index contributed by atoms with van der Waals surface area (Å²) in [5, 5.41) is 7.07. The molecule has 9 nitrogen and oxygen atoms in total. The van der Waals surface area contributed by atoms with E-state index in [-0.39, 0.29) is 18.3 Å². The van der Waals surface area contributed by atoms with E-state index >= 15 is 0 Å². The van der Waals surface area contributed by atoms with Crippen LogP contribution in [0, 0.1) is 13.8 Å². The minimum Gasteiger partial charge on any atom is -0.366 e. The molecule has 0 spiro atoms. The Labute approximate surface area is 151 Å².